The van der Waals surface area contributed by atoms with Gasteiger partial charge in [0.1, 0.15) is 40.7 Å². The van der Waals surface area contributed by atoms with Crippen molar-refractivity contribution in [2.45, 2.75) is 27.3 Å². The van der Waals surface area contributed by atoms with E-state index >= 15 is 0 Å². The lowest BCUT2D eigenvalue weighted by Gasteiger charge is -2.39. The lowest BCUT2D eigenvalue weighted by molar-refractivity contribution is -0.120. The lowest BCUT2D eigenvalue weighted by Crippen LogP contribution is -2.44. The molecule has 4 heterocycles. The highest BCUT2D eigenvalue weighted by atomic mass is 32.2. The molecule has 4 aromatic heterocycles. The third kappa shape index (κ3) is 6.60. The first-order valence-electron chi connectivity index (χ1n) is 17.6. The van der Waals surface area contributed by atoms with Gasteiger partial charge in [-0.05, 0) is 54.6 Å². The highest BCUT2D eigenvalue weighted by molar-refractivity contribution is 7.89. The van der Waals surface area contributed by atoms with Crippen LogP contribution in [0.1, 0.15) is 16.7 Å². The van der Waals surface area contributed by atoms with Crippen molar-refractivity contribution in [3.05, 3.63) is 139 Å². The fourth-order valence-electron chi connectivity index (χ4n) is 7.37. The number of nitrogen functional groups attached to an aromatic ring is 1. The highest BCUT2D eigenvalue weighted by Gasteiger charge is 2.44. The van der Waals surface area contributed by atoms with Crippen LogP contribution in [-0.2, 0) is 42.3 Å². The summed E-state index contributed by atoms with van der Waals surface area (Å²) >= 11 is 0. The third-order valence-electron chi connectivity index (χ3n) is 10.1. The van der Waals surface area contributed by atoms with Crippen LogP contribution in [0.15, 0.2) is 132 Å². The molecule has 0 spiro atoms. The van der Waals surface area contributed by atoms with E-state index in [2.05, 4.69) is 45.3 Å². The highest BCUT2D eigenvalue weighted by Crippen LogP contribution is 2.44. The lowest BCUT2D eigenvalue weighted by atomic mass is 9.71. The summed E-state index contributed by atoms with van der Waals surface area (Å²) in [6.45, 7) is 0.00634. The van der Waals surface area contributed by atoms with Gasteiger partial charge >= 0.3 is 0 Å². The molecule has 0 saturated heterocycles. The number of benzene rings is 3. The van der Waals surface area contributed by atoms with E-state index in [1.165, 1.54) is 37.9 Å². The van der Waals surface area contributed by atoms with Crippen LogP contribution in [0.3, 0.4) is 0 Å². The number of carbonyl (C=O) groups excluding carboxylic acids is 1. The summed E-state index contributed by atoms with van der Waals surface area (Å²) in [7, 11) is -7.04. The van der Waals surface area contributed by atoms with Gasteiger partial charge in [-0.15, -0.1) is 0 Å². The fraction of sp³-hybridized carbons (Fsp3) is 0.103. The molecular weight excluding hydrogens is 781 g/mol. The van der Waals surface area contributed by atoms with Crippen LogP contribution in [0.5, 0.6) is 0 Å². The number of H-pyrrole nitrogens is 2. The predicted octanol–water partition coefficient (Wildman–Crippen LogP) is 3.50. The molecule has 0 bridgehead atoms. The van der Waals surface area contributed by atoms with E-state index in [0.29, 0.717) is 44.7 Å². The van der Waals surface area contributed by atoms with Crippen LogP contribution in [0, 0.1) is 0 Å². The Labute approximate surface area is 332 Å². The molecule has 7 aromatic rings. The Morgan fingerprint density at radius 2 is 1.60 bits per heavy atom. The summed E-state index contributed by atoms with van der Waals surface area (Å²) in [4.78, 5) is 36.8. The number of hydrogen-bond donors (Lipinski definition) is 8. The first-order valence-corrected chi connectivity index (χ1v) is 20.6. The molecule has 0 fully saturated rings. The van der Waals surface area contributed by atoms with Crippen molar-refractivity contribution in [3.8, 4) is 11.1 Å². The van der Waals surface area contributed by atoms with E-state index in [1.54, 1.807) is 73.2 Å². The number of aromatic amines is 2. The minimum absolute atomic E-state index is 0.00634. The fourth-order valence-corrected chi connectivity index (χ4v) is 8.99. The Balaban J connectivity index is 1.31. The quantitative estimate of drug-likeness (QED) is 0.0650. The van der Waals surface area contributed by atoms with Crippen LogP contribution in [0.25, 0.3) is 33.2 Å². The number of fused-ring (bicyclic) bond motifs is 2. The maximum Gasteiger partial charge on any atom is 0.240 e. The summed E-state index contributed by atoms with van der Waals surface area (Å²) in [6.07, 6.45) is 14.1. The van der Waals surface area contributed by atoms with Crippen LogP contribution in [-0.4, -0.2) is 59.7 Å². The summed E-state index contributed by atoms with van der Waals surface area (Å²) in [5.41, 5.74) is 13.7. The monoisotopic (exact) mass is 816 g/mol. The molecule has 0 saturated carbocycles. The van der Waals surface area contributed by atoms with Gasteiger partial charge in [0.25, 0.3) is 0 Å². The van der Waals surface area contributed by atoms with Gasteiger partial charge in [-0.3, -0.25) is 4.79 Å². The SMILES string of the molecule is CNS(=O)(=O)c1cccc(NC2(c3c(CNc4ncnc5[nH]cc(-c6cccc(N)c6)c45)cccc3S(N)(=O)=O)C=CC(C(N)=O)(c3c[nH]c4ncncc34)C=C2)c1. The number of nitrogens with one attached hydrogen (secondary N) is 5. The van der Waals surface area contributed by atoms with E-state index in [4.69, 9.17) is 16.6 Å². The normalized spacial score (nSPS) is 18.1. The number of carbonyl (C=O) groups is 1. The maximum atomic E-state index is 13.5. The Hall–Kier alpha value is -6.93. The number of nitrogens with zero attached hydrogens (tertiary/aromatic N) is 4. The smallest absolute Gasteiger partial charge is 0.240 e. The van der Waals surface area contributed by atoms with Gasteiger partial charge in [-0.1, -0.05) is 54.6 Å². The number of aromatic nitrogens is 6. The molecule has 0 unspecified atom stereocenters. The van der Waals surface area contributed by atoms with Crippen LogP contribution in [0.4, 0.5) is 17.2 Å². The van der Waals surface area contributed by atoms with Crippen LogP contribution >= 0.6 is 0 Å². The molecule has 0 atom stereocenters. The Morgan fingerprint density at radius 1 is 0.862 bits per heavy atom. The van der Waals surface area contributed by atoms with E-state index in [0.717, 1.165) is 11.1 Å². The average molecular weight is 817 g/mol. The molecule has 58 heavy (non-hydrogen) atoms. The first kappa shape index (κ1) is 38.0. The standard InChI is InChI=1S/C39H36N12O5S2/c1-43-58(55,56)27-9-4-8-26(16-27)51-39(13-11-38(12-14-39,37(41)52)30-20-47-34-29(30)18-44-21-48-34)33-24(6-3-10-31(33)57(42,53)54)17-45-35-32-28(19-46-36(32)50-22-49-35)23-5-2-7-25(40)15-23/h2-16,18-22,43,51H,17,40H2,1H3,(H2,41,52)(H2,42,53,54)(H,44,47,48)(H2,45,46,49,50). The number of primary amides is 1. The van der Waals surface area contributed by atoms with Gasteiger partial charge in [0.05, 0.1) is 15.2 Å². The van der Waals surface area contributed by atoms with Gasteiger partial charge in [-0.2, -0.15) is 0 Å². The molecule has 3 aromatic carbocycles. The summed E-state index contributed by atoms with van der Waals surface area (Å²) < 4.78 is 55.2. The number of anilines is 3. The Kier molecular flexibility index (Phi) is 9.31. The Bertz CT molecular complexity index is 3030. The minimum atomic E-state index is -4.44. The average Bonchev–Trinajstić information content (AvgIpc) is 3.86. The zero-order valence-corrected chi connectivity index (χ0v) is 32.3. The summed E-state index contributed by atoms with van der Waals surface area (Å²) in [5, 5.41) is 13.9. The number of nitrogens with two attached hydrogens (primary N) is 3. The van der Waals surface area contributed by atoms with Crippen molar-refractivity contribution in [2.24, 2.45) is 10.9 Å². The second kappa shape index (κ2) is 14.2. The van der Waals surface area contributed by atoms with E-state index < -0.39 is 36.9 Å². The Morgan fingerprint density at radius 3 is 2.34 bits per heavy atom. The van der Waals surface area contributed by atoms with Crippen molar-refractivity contribution in [2.75, 3.05) is 23.4 Å². The van der Waals surface area contributed by atoms with Gasteiger partial charge in [0.2, 0.25) is 26.0 Å². The van der Waals surface area contributed by atoms with Crippen molar-refractivity contribution in [1.82, 2.24) is 34.6 Å². The van der Waals surface area contributed by atoms with E-state index in [-0.39, 0.29) is 27.6 Å². The van der Waals surface area contributed by atoms with Gasteiger partial charge in [0, 0.05) is 58.6 Å². The summed E-state index contributed by atoms with van der Waals surface area (Å²) in [6, 6.07) is 18.0. The number of rotatable bonds is 12. The predicted molar refractivity (Wildman–Crippen MR) is 220 cm³/mol. The van der Waals surface area contributed by atoms with E-state index in [9.17, 15) is 21.6 Å². The first-order chi connectivity index (χ1) is 27.7. The van der Waals surface area contributed by atoms with Crippen LogP contribution < -0.4 is 32.0 Å². The molecule has 1 amide bonds. The number of primary sulfonamides is 1. The van der Waals surface area contributed by atoms with Gasteiger partial charge in [0.15, 0.2) is 0 Å². The molecule has 1 aliphatic carbocycles. The van der Waals surface area contributed by atoms with Crippen molar-refractivity contribution in [3.63, 3.8) is 0 Å². The molecule has 8 rings (SSSR count). The van der Waals surface area contributed by atoms with Crippen molar-refractivity contribution in [1.29, 1.82) is 0 Å². The number of sulfonamides is 2. The third-order valence-corrected chi connectivity index (χ3v) is 12.5. The van der Waals surface area contributed by atoms with Gasteiger partial charge in [-0.25, -0.2) is 46.6 Å². The zero-order valence-electron chi connectivity index (χ0n) is 30.6. The largest absolute Gasteiger partial charge is 0.399 e. The zero-order chi connectivity index (χ0) is 40.9. The molecular formula is C39H36N12O5S2. The minimum Gasteiger partial charge on any atom is -0.399 e. The molecule has 11 N–H and O–H groups in total. The molecule has 17 nitrogen and oxygen atoms in total. The second-order valence-electron chi connectivity index (χ2n) is 13.6. The number of hydrogen-bond acceptors (Lipinski definition) is 12. The maximum absolute atomic E-state index is 13.5. The van der Waals surface area contributed by atoms with Crippen LogP contribution in [0.2, 0.25) is 0 Å². The van der Waals surface area contributed by atoms with Crippen molar-refractivity contribution >= 4 is 65.2 Å². The molecule has 0 aliphatic heterocycles. The molecule has 19 heteroatoms. The molecule has 294 valence electrons. The van der Waals surface area contributed by atoms with Crippen molar-refractivity contribution < 1.29 is 21.6 Å². The molecule has 1 aliphatic rings. The summed E-state index contributed by atoms with van der Waals surface area (Å²) in [5.74, 6) is -0.302. The van der Waals surface area contributed by atoms with Gasteiger partial charge < -0.3 is 32.1 Å². The molecule has 0 radical (unpaired) electrons. The second-order valence-corrected chi connectivity index (χ2v) is 17.0. The van der Waals surface area contributed by atoms with E-state index in [1.807, 2.05) is 18.2 Å². The number of amides is 1. The topological polar surface area (TPSA) is 283 Å².